The van der Waals surface area contributed by atoms with Crippen molar-refractivity contribution >= 4 is 17.8 Å². The number of carbonyl (C=O) groups excluding carboxylic acids is 3. The van der Waals surface area contributed by atoms with Crippen molar-refractivity contribution < 1.29 is 19.1 Å². The first kappa shape index (κ1) is 22.2. The van der Waals surface area contributed by atoms with E-state index in [0.29, 0.717) is 12.2 Å². The van der Waals surface area contributed by atoms with Gasteiger partial charge in [-0.05, 0) is 46.2 Å². The summed E-state index contributed by atoms with van der Waals surface area (Å²) in [5.74, 6) is -0.557. The maximum atomic E-state index is 12.5. The Morgan fingerprint density at radius 1 is 1.35 bits per heavy atom. The van der Waals surface area contributed by atoms with Gasteiger partial charge in [0.25, 0.3) is 0 Å². The molecule has 2 atom stereocenters. The number of likely N-dealkylation sites (N-methyl/N-ethyl adjacent to an activating group) is 2. The van der Waals surface area contributed by atoms with Crippen LogP contribution >= 0.6 is 0 Å². The van der Waals surface area contributed by atoms with Gasteiger partial charge in [0.2, 0.25) is 11.8 Å². The third kappa shape index (κ3) is 6.12. The fourth-order valence-electron chi connectivity index (χ4n) is 3.13. The molecule has 2 amide bonds. The van der Waals surface area contributed by atoms with E-state index in [1.165, 1.54) is 0 Å². The summed E-state index contributed by atoms with van der Waals surface area (Å²) in [6, 6.07) is -0.405. The van der Waals surface area contributed by atoms with Crippen LogP contribution < -0.4 is 5.32 Å². The Bertz CT molecular complexity index is 545. The van der Waals surface area contributed by atoms with Gasteiger partial charge in [0.1, 0.15) is 0 Å². The van der Waals surface area contributed by atoms with Gasteiger partial charge >= 0.3 is 5.97 Å². The number of rotatable bonds is 8. The largest absolute Gasteiger partial charge is 0.463 e. The zero-order valence-corrected chi connectivity index (χ0v) is 16.9. The third-order valence-electron chi connectivity index (χ3n) is 4.78. The van der Waals surface area contributed by atoms with E-state index < -0.39 is 0 Å². The van der Waals surface area contributed by atoms with E-state index in [1.807, 2.05) is 25.8 Å². The topological polar surface area (TPSA) is 79.0 Å². The zero-order chi connectivity index (χ0) is 19.9. The van der Waals surface area contributed by atoms with Crippen molar-refractivity contribution in [3.63, 3.8) is 0 Å². The van der Waals surface area contributed by atoms with E-state index in [2.05, 4.69) is 5.32 Å². The van der Waals surface area contributed by atoms with Crippen LogP contribution in [0.5, 0.6) is 0 Å². The van der Waals surface area contributed by atoms with Gasteiger partial charge in [0, 0.05) is 12.6 Å². The van der Waals surface area contributed by atoms with E-state index in [9.17, 15) is 14.4 Å². The molecule has 1 aliphatic heterocycles. The lowest BCUT2D eigenvalue weighted by Gasteiger charge is -2.30. The molecule has 0 spiro atoms. The first-order valence-electron chi connectivity index (χ1n) is 9.28. The molecule has 1 saturated heterocycles. The Hall–Kier alpha value is -1.89. The highest BCUT2D eigenvalue weighted by molar-refractivity contribution is 5.89. The van der Waals surface area contributed by atoms with Crippen molar-refractivity contribution in [3.05, 3.63) is 11.6 Å². The summed E-state index contributed by atoms with van der Waals surface area (Å²) in [5.41, 5.74) is 0.474. The highest BCUT2D eigenvalue weighted by atomic mass is 16.5. The summed E-state index contributed by atoms with van der Waals surface area (Å²) >= 11 is 0. The predicted octanol–water partition coefficient (Wildman–Crippen LogP) is 1.19. The van der Waals surface area contributed by atoms with Crippen LogP contribution in [0.25, 0.3) is 0 Å². The molecule has 1 heterocycles. The van der Waals surface area contributed by atoms with Crippen LogP contribution in [0.3, 0.4) is 0 Å². The Labute approximate surface area is 156 Å². The molecule has 7 heteroatoms. The van der Waals surface area contributed by atoms with Gasteiger partial charge in [-0.2, -0.15) is 0 Å². The number of nitrogens with zero attached hydrogens (tertiary/aromatic N) is 2. The molecule has 1 N–H and O–H groups in total. The summed E-state index contributed by atoms with van der Waals surface area (Å²) in [4.78, 5) is 40.2. The van der Waals surface area contributed by atoms with Crippen molar-refractivity contribution in [2.45, 2.75) is 52.6 Å². The lowest BCUT2D eigenvalue weighted by molar-refractivity contribution is -0.138. The molecule has 0 radical (unpaired) electrons. The van der Waals surface area contributed by atoms with E-state index in [0.717, 1.165) is 19.4 Å². The van der Waals surface area contributed by atoms with Crippen molar-refractivity contribution in [2.24, 2.45) is 5.92 Å². The standard InChI is InChI=1S/C19H33N3O4/c1-7-26-19(25)14(4)11-16(13(2)3)22(6)17(23)12-20-18(24)15-9-8-10-21(15)5/h11,13,15-16H,7-10,12H2,1-6H3,(H,20,24)/b14-11+/t15?,16-/m1/s1. The Morgan fingerprint density at radius 2 is 2.00 bits per heavy atom. The highest BCUT2D eigenvalue weighted by Crippen LogP contribution is 2.15. The van der Waals surface area contributed by atoms with Gasteiger partial charge in [-0.15, -0.1) is 0 Å². The smallest absolute Gasteiger partial charge is 0.333 e. The zero-order valence-electron chi connectivity index (χ0n) is 16.9. The van der Waals surface area contributed by atoms with Gasteiger partial charge < -0.3 is 15.0 Å². The molecule has 0 aromatic rings. The van der Waals surface area contributed by atoms with Crippen molar-refractivity contribution in [3.8, 4) is 0 Å². The maximum absolute atomic E-state index is 12.5. The van der Waals surface area contributed by atoms with E-state index >= 15 is 0 Å². The molecule has 0 aromatic carbocycles. The van der Waals surface area contributed by atoms with Gasteiger partial charge in [-0.25, -0.2) is 4.79 Å². The summed E-state index contributed by atoms with van der Waals surface area (Å²) < 4.78 is 5.00. The molecule has 26 heavy (non-hydrogen) atoms. The second-order valence-electron chi connectivity index (χ2n) is 7.17. The molecule has 0 aromatic heterocycles. The minimum absolute atomic E-state index is 0.0464. The highest BCUT2D eigenvalue weighted by Gasteiger charge is 2.29. The molecule has 7 nitrogen and oxygen atoms in total. The Morgan fingerprint density at radius 3 is 2.50 bits per heavy atom. The summed E-state index contributed by atoms with van der Waals surface area (Å²) in [6.07, 6.45) is 3.57. The maximum Gasteiger partial charge on any atom is 0.333 e. The molecule has 1 unspecified atom stereocenters. The number of ether oxygens (including phenoxy) is 1. The monoisotopic (exact) mass is 367 g/mol. The second kappa shape index (κ2) is 10.3. The first-order chi connectivity index (χ1) is 12.2. The molecule has 1 aliphatic rings. The average molecular weight is 367 g/mol. The van der Waals surface area contributed by atoms with E-state index in [1.54, 1.807) is 31.9 Å². The predicted molar refractivity (Wildman–Crippen MR) is 100 cm³/mol. The molecule has 0 aliphatic carbocycles. The van der Waals surface area contributed by atoms with Crippen LogP contribution in [0.1, 0.15) is 40.5 Å². The summed E-state index contributed by atoms with van der Waals surface area (Å²) in [7, 11) is 3.61. The molecule has 1 rings (SSSR count). The van der Waals surface area contributed by atoms with Gasteiger partial charge in [-0.1, -0.05) is 19.9 Å². The minimum atomic E-state index is -0.378. The molecule has 0 saturated carbocycles. The van der Waals surface area contributed by atoms with E-state index in [4.69, 9.17) is 4.74 Å². The average Bonchev–Trinajstić information content (AvgIpc) is 3.02. The van der Waals surface area contributed by atoms with Crippen LogP contribution in [-0.4, -0.2) is 73.5 Å². The fraction of sp³-hybridized carbons (Fsp3) is 0.737. The van der Waals surface area contributed by atoms with Gasteiger partial charge in [0.15, 0.2) is 0 Å². The Kier molecular flexibility index (Phi) is 8.78. The van der Waals surface area contributed by atoms with Crippen LogP contribution in [0.2, 0.25) is 0 Å². The quantitative estimate of drug-likeness (QED) is 0.515. The number of esters is 1. The summed E-state index contributed by atoms with van der Waals surface area (Å²) in [5, 5.41) is 2.74. The SMILES string of the molecule is CCOC(=O)/C(C)=C/[C@H](C(C)C)N(C)C(=O)CNC(=O)C1CCCN1C. The van der Waals surface area contributed by atoms with Crippen LogP contribution in [0.4, 0.5) is 0 Å². The number of carbonyl (C=O) groups is 3. The van der Waals surface area contributed by atoms with Gasteiger partial charge in [0.05, 0.1) is 25.2 Å². The number of nitrogens with one attached hydrogen (secondary N) is 1. The lowest BCUT2D eigenvalue weighted by Crippen LogP contribution is -2.48. The van der Waals surface area contributed by atoms with E-state index in [-0.39, 0.29) is 42.3 Å². The lowest BCUT2D eigenvalue weighted by atomic mass is 10.00. The van der Waals surface area contributed by atoms with Crippen molar-refractivity contribution in [1.82, 2.24) is 15.1 Å². The number of amides is 2. The van der Waals surface area contributed by atoms with Gasteiger partial charge in [-0.3, -0.25) is 14.5 Å². The molecule has 148 valence electrons. The minimum Gasteiger partial charge on any atom is -0.463 e. The van der Waals surface area contributed by atoms with Crippen molar-refractivity contribution in [2.75, 3.05) is 33.8 Å². The second-order valence-corrected chi connectivity index (χ2v) is 7.17. The summed E-state index contributed by atoms with van der Waals surface area (Å²) in [6.45, 7) is 8.57. The number of hydrogen-bond donors (Lipinski definition) is 1. The number of likely N-dealkylation sites (tertiary alicyclic amines) is 1. The van der Waals surface area contributed by atoms with Crippen LogP contribution in [0, 0.1) is 5.92 Å². The molecular weight excluding hydrogens is 334 g/mol. The molecule has 1 fully saturated rings. The number of hydrogen-bond acceptors (Lipinski definition) is 5. The van der Waals surface area contributed by atoms with Crippen LogP contribution in [0.15, 0.2) is 11.6 Å². The van der Waals surface area contributed by atoms with Crippen molar-refractivity contribution in [1.29, 1.82) is 0 Å². The normalized spacial score (nSPS) is 19.3. The Balaban J connectivity index is 2.68. The first-order valence-corrected chi connectivity index (χ1v) is 9.28. The molecule has 0 bridgehead atoms. The molecular formula is C19H33N3O4. The fourth-order valence-corrected chi connectivity index (χ4v) is 3.13. The van der Waals surface area contributed by atoms with Crippen LogP contribution in [-0.2, 0) is 19.1 Å². The third-order valence-corrected chi connectivity index (χ3v) is 4.78.